The molecule has 1 aromatic rings. The van der Waals surface area contributed by atoms with E-state index >= 15 is 0 Å². The number of rotatable bonds is 3. The lowest BCUT2D eigenvalue weighted by atomic mass is 10.1. The number of aryl methyl sites for hydroxylation is 1. The average Bonchev–Trinajstić information content (AvgIpc) is 2.31. The van der Waals surface area contributed by atoms with E-state index in [1.165, 1.54) is 17.0 Å². The highest BCUT2D eigenvalue weighted by Gasteiger charge is 2.20. The van der Waals surface area contributed by atoms with E-state index in [0.29, 0.717) is 16.3 Å². The molecular formula is C12H16ClFN2O. The molecule has 0 aliphatic rings. The SMILES string of the molecule is Cc1cc(Cl)c(N(C)C(=O)C(C)CN)cc1F. The molecule has 0 aliphatic heterocycles. The van der Waals surface area contributed by atoms with Gasteiger partial charge in [0.05, 0.1) is 10.7 Å². The number of carbonyl (C=O) groups excluding carboxylic acids is 1. The Balaban J connectivity index is 3.08. The molecule has 5 heteroatoms. The van der Waals surface area contributed by atoms with E-state index in [0.717, 1.165) is 0 Å². The van der Waals surface area contributed by atoms with Crippen molar-refractivity contribution in [3.05, 3.63) is 28.5 Å². The summed E-state index contributed by atoms with van der Waals surface area (Å²) in [5.74, 6) is -0.887. The smallest absolute Gasteiger partial charge is 0.230 e. The van der Waals surface area contributed by atoms with Crippen LogP contribution in [0.2, 0.25) is 5.02 Å². The summed E-state index contributed by atoms with van der Waals surface area (Å²) in [4.78, 5) is 13.2. The predicted octanol–water partition coefficient (Wildman–Crippen LogP) is 2.35. The maximum atomic E-state index is 13.4. The third-order valence-corrected chi connectivity index (χ3v) is 3.00. The number of amides is 1. The lowest BCUT2D eigenvalue weighted by Gasteiger charge is -2.22. The molecule has 0 bridgehead atoms. The summed E-state index contributed by atoms with van der Waals surface area (Å²) in [5.41, 5.74) is 6.24. The molecule has 0 spiro atoms. The molecule has 0 fully saturated rings. The van der Waals surface area contributed by atoms with Gasteiger partial charge in [0, 0.05) is 19.5 Å². The molecule has 0 radical (unpaired) electrons. The number of hydrogen-bond donors (Lipinski definition) is 1. The first-order valence-corrected chi connectivity index (χ1v) is 5.69. The Kier molecular flexibility index (Phi) is 4.48. The quantitative estimate of drug-likeness (QED) is 0.905. The van der Waals surface area contributed by atoms with Crippen LogP contribution in [0.4, 0.5) is 10.1 Å². The minimum Gasteiger partial charge on any atom is -0.330 e. The molecule has 0 aliphatic carbocycles. The molecule has 0 aromatic heterocycles. The Morgan fingerprint density at radius 3 is 2.71 bits per heavy atom. The van der Waals surface area contributed by atoms with Crippen LogP contribution in [-0.2, 0) is 4.79 Å². The van der Waals surface area contributed by atoms with Crippen LogP contribution in [0.3, 0.4) is 0 Å². The van der Waals surface area contributed by atoms with Crippen LogP contribution >= 0.6 is 11.6 Å². The molecule has 0 heterocycles. The van der Waals surface area contributed by atoms with Crippen molar-refractivity contribution >= 4 is 23.2 Å². The second-order valence-electron chi connectivity index (χ2n) is 4.09. The molecule has 1 amide bonds. The van der Waals surface area contributed by atoms with Crippen LogP contribution < -0.4 is 10.6 Å². The van der Waals surface area contributed by atoms with E-state index in [1.807, 2.05) is 0 Å². The monoisotopic (exact) mass is 258 g/mol. The first kappa shape index (κ1) is 13.9. The van der Waals surface area contributed by atoms with Crippen molar-refractivity contribution in [2.24, 2.45) is 11.7 Å². The summed E-state index contributed by atoms with van der Waals surface area (Å²) < 4.78 is 13.4. The van der Waals surface area contributed by atoms with E-state index in [4.69, 9.17) is 17.3 Å². The largest absolute Gasteiger partial charge is 0.330 e. The van der Waals surface area contributed by atoms with E-state index in [-0.39, 0.29) is 24.2 Å². The standard InChI is InChI=1S/C12H16ClFN2O/c1-7-4-9(13)11(5-10(7)14)16(3)12(17)8(2)6-15/h4-5,8H,6,15H2,1-3H3. The minimum atomic E-state index is -0.385. The molecular weight excluding hydrogens is 243 g/mol. The van der Waals surface area contributed by atoms with Gasteiger partial charge in [-0.15, -0.1) is 0 Å². The van der Waals surface area contributed by atoms with Gasteiger partial charge in [-0.25, -0.2) is 4.39 Å². The summed E-state index contributed by atoms with van der Waals surface area (Å²) >= 11 is 6.00. The average molecular weight is 259 g/mol. The molecule has 0 saturated carbocycles. The van der Waals surface area contributed by atoms with Crippen LogP contribution in [0.5, 0.6) is 0 Å². The fourth-order valence-corrected chi connectivity index (χ4v) is 1.79. The van der Waals surface area contributed by atoms with Crippen molar-refractivity contribution in [1.29, 1.82) is 0 Å². The van der Waals surface area contributed by atoms with Crippen molar-refractivity contribution < 1.29 is 9.18 Å². The highest BCUT2D eigenvalue weighted by atomic mass is 35.5. The highest BCUT2D eigenvalue weighted by molar-refractivity contribution is 6.33. The van der Waals surface area contributed by atoms with Crippen molar-refractivity contribution in [2.45, 2.75) is 13.8 Å². The predicted molar refractivity (Wildman–Crippen MR) is 67.8 cm³/mol. The highest BCUT2D eigenvalue weighted by Crippen LogP contribution is 2.28. The van der Waals surface area contributed by atoms with Gasteiger partial charge in [-0.05, 0) is 24.6 Å². The summed E-state index contributed by atoms with van der Waals surface area (Å²) in [5, 5.41) is 0.351. The zero-order valence-corrected chi connectivity index (χ0v) is 10.9. The van der Waals surface area contributed by atoms with E-state index < -0.39 is 0 Å². The van der Waals surface area contributed by atoms with Crippen molar-refractivity contribution in [2.75, 3.05) is 18.5 Å². The van der Waals surface area contributed by atoms with Gasteiger partial charge in [-0.1, -0.05) is 18.5 Å². The van der Waals surface area contributed by atoms with Crippen LogP contribution in [0.15, 0.2) is 12.1 Å². The molecule has 17 heavy (non-hydrogen) atoms. The van der Waals surface area contributed by atoms with Crippen LogP contribution in [0.25, 0.3) is 0 Å². The number of hydrogen-bond acceptors (Lipinski definition) is 2. The minimum absolute atomic E-state index is 0.183. The molecule has 0 saturated heterocycles. The van der Waals surface area contributed by atoms with Crippen molar-refractivity contribution in [3.8, 4) is 0 Å². The summed E-state index contributed by atoms with van der Waals surface area (Å²) in [6, 6.07) is 2.77. The summed E-state index contributed by atoms with van der Waals surface area (Å²) in [7, 11) is 1.56. The Labute approximate surface area is 105 Å². The second-order valence-corrected chi connectivity index (χ2v) is 4.49. The molecule has 2 N–H and O–H groups in total. The van der Waals surface area contributed by atoms with Crippen molar-refractivity contribution in [1.82, 2.24) is 0 Å². The molecule has 94 valence electrons. The Morgan fingerprint density at radius 2 is 2.18 bits per heavy atom. The van der Waals surface area contributed by atoms with Gasteiger partial charge in [0.2, 0.25) is 5.91 Å². The molecule has 1 atom stereocenters. The third-order valence-electron chi connectivity index (χ3n) is 2.70. The lowest BCUT2D eigenvalue weighted by Crippen LogP contribution is -2.35. The van der Waals surface area contributed by atoms with E-state index in [1.54, 1.807) is 20.9 Å². The van der Waals surface area contributed by atoms with Gasteiger partial charge in [-0.2, -0.15) is 0 Å². The number of benzene rings is 1. The van der Waals surface area contributed by atoms with Gasteiger partial charge < -0.3 is 10.6 Å². The number of carbonyl (C=O) groups is 1. The Morgan fingerprint density at radius 1 is 1.59 bits per heavy atom. The van der Waals surface area contributed by atoms with Crippen LogP contribution in [-0.4, -0.2) is 19.5 Å². The van der Waals surface area contributed by atoms with Gasteiger partial charge in [0.1, 0.15) is 5.82 Å². The zero-order valence-electron chi connectivity index (χ0n) is 10.1. The van der Waals surface area contributed by atoms with Crippen LogP contribution in [0, 0.1) is 18.7 Å². The fraction of sp³-hybridized carbons (Fsp3) is 0.417. The Bertz CT molecular complexity index is 437. The number of anilines is 1. The molecule has 1 aromatic carbocycles. The summed E-state index contributed by atoms with van der Waals surface area (Å²) in [6.45, 7) is 3.59. The first-order valence-electron chi connectivity index (χ1n) is 5.31. The van der Waals surface area contributed by atoms with Gasteiger partial charge in [-0.3, -0.25) is 4.79 Å². The maximum absolute atomic E-state index is 13.4. The normalized spacial score (nSPS) is 12.4. The van der Waals surface area contributed by atoms with Gasteiger partial charge in [0.25, 0.3) is 0 Å². The van der Waals surface area contributed by atoms with Gasteiger partial charge in [0.15, 0.2) is 0 Å². The number of nitrogens with zero attached hydrogens (tertiary/aromatic N) is 1. The number of nitrogens with two attached hydrogens (primary N) is 1. The number of halogens is 2. The zero-order chi connectivity index (χ0) is 13.2. The summed E-state index contributed by atoms with van der Waals surface area (Å²) in [6.07, 6.45) is 0. The van der Waals surface area contributed by atoms with Crippen molar-refractivity contribution in [3.63, 3.8) is 0 Å². The van der Waals surface area contributed by atoms with Crippen LogP contribution in [0.1, 0.15) is 12.5 Å². The molecule has 1 unspecified atom stereocenters. The molecule has 1 rings (SSSR count). The van der Waals surface area contributed by atoms with E-state index in [9.17, 15) is 9.18 Å². The fourth-order valence-electron chi connectivity index (χ4n) is 1.44. The maximum Gasteiger partial charge on any atom is 0.230 e. The Hall–Kier alpha value is -1.13. The molecule has 3 nitrogen and oxygen atoms in total. The third kappa shape index (κ3) is 2.96. The van der Waals surface area contributed by atoms with Gasteiger partial charge >= 0.3 is 0 Å². The lowest BCUT2D eigenvalue weighted by molar-refractivity contribution is -0.121. The first-order chi connectivity index (χ1) is 7.88. The van der Waals surface area contributed by atoms with E-state index in [2.05, 4.69) is 0 Å². The second kappa shape index (κ2) is 5.47. The topological polar surface area (TPSA) is 46.3 Å².